The highest BCUT2D eigenvalue weighted by Gasteiger charge is 2.25. The van der Waals surface area contributed by atoms with Crippen molar-refractivity contribution in [2.45, 2.75) is 6.92 Å². The minimum absolute atomic E-state index is 0.229. The van der Waals surface area contributed by atoms with Crippen molar-refractivity contribution in [3.8, 4) is 139 Å². The molecule has 0 aromatic heterocycles. The van der Waals surface area contributed by atoms with Crippen molar-refractivity contribution in [1.29, 1.82) is 0 Å². The number of phenolic OH excluding ortho intramolecular Hbond substituents is 1. The van der Waals surface area contributed by atoms with Crippen LogP contribution in [0.4, 0.5) is 0 Å². The average molecular weight is 1120 g/mol. The van der Waals surface area contributed by atoms with Gasteiger partial charge in [0, 0.05) is 0 Å². The van der Waals surface area contributed by atoms with E-state index in [-0.39, 0.29) is 5.75 Å². The maximum atomic E-state index is 10.8. The van der Waals surface area contributed by atoms with Gasteiger partial charge in [0.05, 0.1) is 0 Å². The lowest BCUT2D eigenvalue weighted by Crippen LogP contribution is -1.97. The van der Waals surface area contributed by atoms with Crippen molar-refractivity contribution >= 4 is 21.5 Å². The molecule has 0 aliphatic heterocycles. The minimum Gasteiger partial charge on any atom is -0.508 e. The Morgan fingerprint density at radius 2 is 0.375 bits per heavy atom. The van der Waals surface area contributed by atoms with Gasteiger partial charge in [-0.2, -0.15) is 0 Å². The molecule has 0 atom stereocenters. The van der Waals surface area contributed by atoms with Gasteiger partial charge >= 0.3 is 0 Å². The van der Waals surface area contributed by atoms with Crippen LogP contribution in [-0.2, 0) is 0 Å². The maximum absolute atomic E-state index is 10.8. The fourth-order valence-corrected chi connectivity index (χ4v) is 13.1. The van der Waals surface area contributed by atoms with Gasteiger partial charge in [0.15, 0.2) is 0 Å². The molecule has 0 spiro atoms. The summed E-state index contributed by atoms with van der Waals surface area (Å²) in [5.41, 5.74) is 28.7. The van der Waals surface area contributed by atoms with E-state index in [1.54, 1.807) is 12.1 Å². The van der Waals surface area contributed by atoms with Crippen molar-refractivity contribution < 1.29 is 5.11 Å². The molecule has 0 bridgehead atoms. The molecule has 0 amide bonds. The highest BCUT2D eigenvalue weighted by molar-refractivity contribution is 6.22. The highest BCUT2D eigenvalue weighted by atomic mass is 16.3. The lowest BCUT2D eigenvalue weighted by atomic mass is 9.80. The van der Waals surface area contributed by atoms with Crippen LogP contribution in [0.5, 0.6) is 5.75 Å². The Morgan fingerprint density at radius 1 is 0.170 bits per heavy atom. The zero-order valence-electron chi connectivity index (χ0n) is 48.8. The molecule has 1 nitrogen and oxygen atoms in total. The molecule has 0 saturated heterocycles. The van der Waals surface area contributed by atoms with Crippen LogP contribution in [0, 0.1) is 6.92 Å². The maximum Gasteiger partial charge on any atom is 0.115 e. The van der Waals surface area contributed by atoms with Crippen LogP contribution in [0.3, 0.4) is 0 Å². The fraction of sp³-hybridized carbons (Fsp3) is 0.0115. The zero-order chi connectivity index (χ0) is 58.9. The third-order valence-corrected chi connectivity index (χ3v) is 17.5. The number of rotatable bonds is 12. The Balaban J connectivity index is 0.998. The lowest BCUT2D eigenvalue weighted by molar-refractivity contribution is 0.475. The van der Waals surface area contributed by atoms with Gasteiger partial charge in [0.25, 0.3) is 0 Å². The van der Waals surface area contributed by atoms with E-state index in [2.05, 4.69) is 335 Å². The van der Waals surface area contributed by atoms with E-state index in [0.717, 1.165) is 88.7 Å². The molecular weight excluding hydrogens is 1060 g/mol. The van der Waals surface area contributed by atoms with Gasteiger partial charge in [-0.3, -0.25) is 0 Å². The first-order valence-electron chi connectivity index (χ1n) is 30.3. The molecule has 414 valence electrons. The summed E-state index contributed by atoms with van der Waals surface area (Å²) >= 11 is 0. The van der Waals surface area contributed by atoms with Gasteiger partial charge in [-0.05, 0) is 198 Å². The van der Waals surface area contributed by atoms with E-state index < -0.39 is 0 Å². The SMILES string of the molecule is Cc1ccc(-c2c(-c3ccc(-c4ccccc4)cc3)cc(-c3c4ccccc4c(-c4cc(-c5ccc(-c6ccccc6)cc5)c(-c5ccc(O)cc5)c(-c5ccc(-c6ccccc6)cc5)c4)c4ccccc34)cc2-c2ccc(-c3ccccc3)cc2)cc1. The third kappa shape index (κ3) is 10.3. The number of aryl methyl sites for hydroxylation is 1. The van der Waals surface area contributed by atoms with Crippen LogP contribution < -0.4 is 0 Å². The molecule has 0 radical (unpaired) electrons. The Morgan fingerprint density at radius 3 is 0.636 bits per heavy atom. The van der Waals surface area contributed by atoms with Crippen molar-refractivity contribution in [2.75, 3.05) is 0 Å². The van der Waals surface area contributed by atoms with E-state index in [9.17, 15) is 5.11 Å². The molecule has 1 N–H and O–H groups in total. The summed E-state index contributed by atoms with van der Waals surface area (Å²) in [5.74, 6) is 0.229. The molecule has 15 aromatic rings. The Hall–Kier alpha value is -11.4. The highest BCUT2D eigenvalue weighted by Crippen LogP contribution is 2.51. The van der Waals surface area contributed by atoms with E-state index >= 15 is 0 Å². The average Bonchev–Trinajstić information content (AvgIpc) is 1.11. The number of hydrogen-bond donors (Lipinski definition) is 1. The van der Waals surface area contributed by atoms with Gasteiger partial charge in [-0.15, -0.1) is 0 Å². The zero-order valence-corrected chi connectivity index (χ0v) is 48.8. The number of fused-ring (bicyclic) bond motifs is 2. The van der Waals surface area contributed by atoms with Gasteiger partial charge in [0.2, 0.25) is 0 Å². The molecule has 0 unspecified atom stereocenters. The standard InChI is InChI=1S/C87H60O/c1-58-30-32-71(33-31-58)84-80(67-42-34-63(35-43-67)59-18-6-2-7-19-59)54-73(55-81(84)68-44-36-64(37-45-68)60-20-8-3-9-21-60)86-76-26-14-16-28-78(76)87(79-29-17-15-27-77(79)86)74-56-82(69-46-38-65(39-47-69)61-22-10-4-11-23-61)85(72-50-52-75(88)53-51-72)83(57-74)70-48-40-66(41-49-70)62-24-12-5-13-25-62/h2-57,88H,1H3. The lowest BCUT2D eigenvalue weighted by Gasteiger charge is -2.23. The summed E-state index contributed by atoms with van der Waals surface area (Å²) in [4.78, 5) is 0. The number of aromatic hydroxyl groups is 1. The Bertz CT molecular complexity index is 4390. The van der Waals surface area contributed by atoms with Crippen LogP contribution in [0.2, 0.25) is 0 Å². The van der Waals surface area contributed by atoms with E-state index in [4.69, 9.17) is 0 Å². The normalized spacial score (nSPS) is 11.3. The van der Waals surface area contributed by atoms with Crippen LogP contribution in [0.1, 0.15) is 5.56 Å². The van der Waals surface area contributed by atoms with E-state index in [0.29, 0.717) is 0 Å². The van der Waals surface area contributed by atoms with Crippen LogP contribution in [-0.4, -0.2) is 5.11 Å². The monoisotopic (exact) mass is 1120 g/mol. The van der Waals surface area contributed by atoms with Gasteiger partial charge in [-0.1, -0.05) is 309 Å². The van der Waals surface area contributed by atoms with Crippen LogP contribution in [0.25, 0.3) is 155 Å². The van der Waals surface area contributed by atoms with Crippen LogP contribution >= 0.6 is 0 Å². The quantitative estimate of drug-likeness (QED) is 0.121. The second-order valence-electron chi connectivity index (χ2n) is 22.9. The summed E-state index contributed by atoms with van der Waals surface area (Å²) in [7, 11) is 0. The Labute approximate surface area is 515 Å². The first kappa shape index (κ1) is 53.4. The van der Waals surface area contributed by atoms with Gasteiger partial charge in [-0.25, -0.2) is 0 Å². The van der Waals surface area contributed by atoms with E-state index in [1.807, 2.05) is 0 Å². The fourth-order valence-electron chi connectivity index (χ4n) is 13.1. The second-order valence-corrected chi connectivity index (χ2v) is 22.9. The number of phenols is 1. The van der Waals surface area contributed by atoms with Gasteiger partial charge in [0.1, 0.15) is 5.75 Å². The van der Waals surface area contributed by atoms with Crippen molar-refractivity contribution in [1.82, 2.24) is 0 Å². The molecule has 0 aliphatic rings. The predicted molar refractivity (Wildman–Crippen MR) is 373 cm³/mol. The third-order valence-electron chi connectivity index (χ3n) is 17.5. The molecule has 15 rings (SSSR count). The topological polar surface area (TPSA) is 20.2 Å². The van der Waals surface area contributed by atoms with Crippen molar-refractivity contribution in [2.24, 2.45) is 0 Å². The predicted octanol–water partition coefficient (Wildman–Crippen LogP) is 24.0. The Kier molecular flexibility index (Phi) is 14.1. The first-order chi connectivity index (χ1) is 43.5. The molecule has 15 aromatic carbocycles. The summed E-state index contributed by atoms with van der Waals surface area (Å²) in [6.07, 6.45) is 0. The van der Waals surface area contributed by atoms with Crippen LogP contribution in [0.15, 0.2) is 340 Å². The van der Waals surface area contributed by atoms with Crippen molar-refractivity contribution in [3.63, 3.8) is 0 Å². The molecule has 0 saturated carbocycles. The summed E-state index contributed by atoms with van der Waals surface area (Å²) in [5, 5.41) is 15.4. The minimum atomic E-state index is 0.229. The summed E-state index contributed by atoms with van der Waals surface area (Å²) in [6, 6.07) is 123. The molecule has 1 heteroatoms. The number of hydrogen-bond acceptors (Lipinski definition) is 1. The molecular formula is C87H60O. The first-order valence-corrected chi connectivity index (χ1v) is 30.3. The van der Waals surface area contributed by atoms with Gasteiger partial charge < -0.3 is 5.11 Å². The van der Waals surface area contributed by atoms with Crippen molar-refractivity contribution in [3.05, 3.63) is 345 Å². The smallest absolute Gasteiger partial charge is 0.115 e. The molecule has 0 fully saturated rings. The number of benzene rings is 15. The molecule has 0 heterocycles. The van der Waals surface area contributed by atoms with E-state index in [1.165, 1.54) is 72.0 Å². The molecule has 88 heavy (non-hydrogen) atoms. The second kappa shape index (κ2) is 23.2. The molecule has 0 aliphatic carbocycles. The largest absolute Gasteiger partial charge is 0.508 e. The summed E-state index contributed by atoms with van der Waals surface area (Å²) < 4.78 is 0. The summed E-state index contributed by atoms with van der Waals surface area (Å²) in [6.45, 7) is 2.16.